The molecule has 0 saturated carbocycles. The van der Waals surface area contributed by atoms with E-state index in [4.69, 9.17) is 4.98 Å². The zero-order valence-corrected chi connectivity index (χ0v) is 19.9. The third kappa shape index (κ3) is 4.90. The SMILES string of the molecule is Cc1cc(C)c2sc(N(CCCN(C)C)C(=O)c3ccc(-c4ccccc4)cc3)nc2c1. The summed E-state index contributed by atoms with van der Waals surface area (Å²) in [5.74, 6) is -0.00296. The van der Waals surface area contributed by atoms with Crippen molar-refractivity contribution < 1.29 is 4.79 Å². The number of thiazole rings is 1. The third-order valence-corrected chi connectivity index (χ3v) is 6.74. The number of carbonyl (C=O) groups excluding carboxylic acids is 1. The minimum atomic E-state index is -0.00296. The highest BCUT2D eigenvalue weighted by molar-refractivity contribution is 7.22. The van der Waals surface area contributed by atoms with Gasteiger partial charge in [-0.05, 0) is 81.4 Å². The highest BCUT2D eigenvalue weighted by atomic mass is 32.1. The van der Waals surface area contributed by atoms with Crippen molar-refractivity contribution in [3.63, 3.8) is 0 Å². The minimum Gasteiger partial charge on any atom is -0.309 e. The first-order valence-corrected chi connectivity index (χ1v) is 11.7. The van der Waals surface area contributed by atoms with Crippen LogP contribution in [-0.4, -0.2) is 43.0 Å². The molecule has 0 N–H and O–H groups in total. The number of fused-ring (bicyclic) bond motifs is 1. The van der Waals surface area contributed by atoms with Gasteiger partial charge in [0.15, 0.2) is 5.13 Å². The van der Waals surface area contributed by atoms with Crippen molar-refractivity contribution in [2.75, 3.05) is 32.1 Å². The zero-order chi connectivity index (χ0) is 22.7. The normalized spacial score (nSPS) is 11.3. The third-order valence-electron chi connectivity index (χ3n) is 5.51. The smallest absolute Gasteiger partial charge is 0.260 e. The molecule has 1 amide bonds. The molecule has 0 unspecified atom stereocenters. The summed E-state index contributed by atoms with van der Waals surface area (Å²) in [7, 11) is 4.11. The largest absolute Gasteiger partial charge is 0.309 e. The standard InChI is InChI=1S/C27H29N3OS/c1-19-17-20(2)25-24(18-19)28-27(32-25)30(16-8-15-29(3)4)26(31)23-13-11-22(12-14-23)21-9-6-5-7-10-21/h5-7,9-14,17-18H,8,15-16H2,1-4H3. The van der Waals surface area contributed by atoms with Crippen molar-refractivity contribution in [2.24, 2.45) is 0 Å². The molecular formula is C27H29N3OS. The predicted octanol–water partition coefficient (Wildman–Crippen LogP) is 6.18. The molecule has 1 heterocycles. The van der Waals surface area contributed by atoms with E-state index < -0.39 is 0 Å². The molecule has 0 spiro atoms. The van der Waals surface area contributed by atoms with E-state index in [0.717, 1.165) is 39.4 Å². The van der Waals surface area contributed by atoms with Gasteiger partial charge >= 0.3 is 0 Å². The van der Waals surface area contributed by atoms with Crippen LogP contribution in [0.3, 0.4) is 0 Å². The molecule has 0 aliphatic carbocycles. The molecule has 0 aliphatic heterocycles. The number of aryl methyl sites for hydroxylation is 2. The molecule has 5 heteroatoms. The maximum Gasteiger partial charge on any atom is 0.260 e. The second-order valence-electron chi connectivity index (χ2n) is 8.48. The first-order chi connectivity index (χ1) is 15.4. The van der Waals surface area contributed by atoms with Crippen molar-refractivity contribution in [3.05, 3.63) is 83.4 Å². The first kappa shape index (κ1) is 22.2. The molecule has 164 valence electrons. The van der Waals surface area contributed by atoms with Gasteiger partial charge < -0.3 is 4.90 Å². The summed E-state index contributed by atoms with van der Waals surface area (Å²) in [6.07, 6.45) is 0.884. The van der Waals surface area contributed by atoms with E-state index in [-0.39, 0.29) is 5.91 Å². The molecule has 1 aromatic heterocycles. The number of anilines is 1. The maximum atomic E-state index is 13.6. The molecule has 4 rings (SSSR count). The van der Waals surface area contributed by atoms with E-state index >= 15 is 0 Å². The number of nitrogens with zero attached hydrogens (tertiary/aromatic N) is 3. The Labute approximate surface area is 194 Å². The van der Waals surface area contributed by atoms with Crippen molar-refractivity contribution in [2.45, 2.75) is 20.3 Å². The monoisotopic (exact) mass is 443 g/mol. The van der Waals surface area contributed by atoms with Crippen LogP contribution in [0.25, 0.3) is 21.3 Å². The minimum absolute atomic E-state index is 0.00296. The number of rotatable bonds is 7. The first-order valence-electron chi connectivity index (χ1n) is 10.9. The Hall–Kier alpha value is -3.02. The molecule has 0 fully saturated rings. The van der Waals surface area contributed by atoms with Gasteiger partial charge in [0.2, 0.25) is 0 Å². The number of aromatic nitrogens is 1. The molecular weight excluding hydrogens is 414 g/mol. The van der Waals surface area contributed by atoms with Gasteiger partial charge in [0, 0.05) is 12.1 Å². The topological polar surface area (TPSA) is 36.4 Å². The van der Waals surface area contributed by atoms with Crippen molar-refractivity contribution in [1.29, 1.82) is 0 Å². The number of hydrogen-bond acceptors (Lipinski definition) is 4. The Morgan fingerprint density at radius 3 is 2.28 bits per heavy atom. The van der Waals surface area contributed by atoms with E-state index in [0.29, 0.717) is 12.1 Å². The Balaban J connectivity index is 1.65. The van der Waals surface area contributed by atoms with Crippen LogP contribution in [0.15, 0.2) is 66.7 Å². The van der Waals surface area contributed by atoms with Crippen LogP contribution < -0.4 is 4.90 Å². The van der Waals surface area contributed by atoms with Gasteiger partial charge in [-0.15, -0.1) is 0 Å². The average Bonchev–Trinajstić information content (AvgIpc) is 3.21. The molecule has 32 heavy (non-hydrogen) atoms. The molecule has 0 aliphatic rings. The predicted molar refractivity (Wildman–Crippen MR) is 136 cm³/mol. The van der Waals surface area contributed by atoms with Gasteiger partial charge in [0.1, 0.15) is 0 Å². The lowest BCUT2D eigenvalue weighted by Crippen LogP contribution is -2.33. The lowest BCUT2D eigenvalue weighted by molar-refractivity contribution is 0.0986. The number of carbonyl (C=O) groups is 1. The lowest BCUT2D eigenvalue weighted by Gasteiger charge is -2.21. The molecule has 0 bridgehead atoms. The second kappa shape index (κ2) is 9.63. The highest BCUT2D eigenvalue weighted by Crippen LogP contribution is 2.33. The van der Waals surface area contributed by atoms with Crippen LogP contribution in [-0.2, 0) is 0 Å². The van der Waals surface area contributed by atoms with Gasteiger partial charge in [-0.2, -0.15) is 0 Å². The molecule has 4 aromatic rings. The number of amides is 1. The Kier molecular flexibility index (Phi) is 6.68. The summed E-state index contributed by atoms with van der Waals surface area (Å²) >= 11 is 1.60. The van der Waals surface area contributed by atoms with E-state index in [1.54, 1.807) is 11.3 Å². The summed E-state index contributed by atoms with van der Waals surface area (Å²) in [5, 5.41) is 0.768. The van der Waals surface area contributed by atoms with Crippen LogP contribution in [0.2, 0.25) is 0 Å². The van der Waals surface area contributed by atoms with Gasteiger partial charge in [-0.25, -0.2) is 4.98 Å². The van der Waals surface area contributed by atoms with Crippen molar-refractivity contribution >= 4 is 32.6 Å². The van der Waals surface area contributed by atoms with Crippen LogP contribution >= 0.6 is 11.3 Å². The van der Waals surface area contributed by atoms with Crippen molar-refractivity contribution in [1.82, 2.24) is 9.88 Å². The van der Waals surface area contributed by atoms with Crippen LogP contribution in [0.4, 0.5) is 5.13 Å². The van der Waals surface area contributed by atoms with Crippen LogP contribution in [0.1, 0.15) is 27.9 Å². The van der Waals surface area contributed by atoms with E-state index in [2.05, 4.69) is 57.1 Å². The van der Waals surface area contributed by atoms with Gasteiger partial charge in [-0.1, -0.05) is 59.9 Å². The maximum absolute atomic E-state index is 13.6. The molecule has 3 aromatic carbocycles. The number of benzene rings is 3. The fourth-order valence-corrected chi connectivity index (χ4v) is 4.94. The Bertz CT molecular complexity index is 1210. The fraction of sp³-hybridized carbons (Fsp3) is 0.259. The average molecular weight is 444 g/mol. The van der Waals surface area contributed by atoms with Gasteiger partial charge in [0.25, 0.3) is 5.91 Å². The second-order valence-corrected chi connectivity index (χ2v) is 9.46. The fourth-order valence-electron chi connectivity index (χ4n) is 3.90. The summed E-state index contributed by atoms with van der Waals surface area (Å²) in [6.45, 7) is 5.74. The molecule has 4 nitrogen and oxygen atoms in total. The van der Waals surface area contributed by atoms with E-state index in [9.17, 15) is 4.79 Å². The molecule has 0 saturated heterocycles. The van der Waals surface area contributed by atoms with Gasteiger partial charge in [-0.3, -0.25) is 9.69 Å². The quantitative estimate of drug-likeness (QED) is 0.342. The molecule has 0 atom stereocenters. The summed E-state index contributed by atoms with van der Waals surface area (Å²) in [5.41, 5.74) is 6.29. The Morgan fingerprint density at radius 2 is 1.59 bits per heavy atom. The van der Waals surface area contributed by atoms with E-state index in [1.165, 1.54) is 11.1 Å². The lowest BCUT2D eigenvalue weighted by atomic mass is 10.0. The van der Waals surface area contributed by atoms with Crippen molar-refractivity contribution in [3.8, 4) is 11.1 Å². The molecule has 0 radical (unpaired) electrons. The van der Waals surface area contributed by atoms with E-state index in [1.807, 2.05) is 47.4 Å². The summed E-state index contributed by atoms with van der Waals surface area (Å²) in [6, 6.07) is 22.4. The Morgan fingerprint density at radius 1 is 0.906 bits per heavy atom. The number of hydrogen-bond donors (Lipinski definition) is 0. The summed E-state index contributed by atoms with van der Waals surface area (Å²) in [4.78, 5) is 22.4. The zero-order valence-electron chi connectivity index (χ0n) is 19.1. The van der Waals surface area contributed by atoms with Crippen LogP contribution in [0.5, 0.6) is 0 Å². The van der Waals surface area contributed by atoms with Gasteiger partial charge in [0.05, 0.1) is 10.2 Å². The highest BCUT2D eigenvalue weighted by Gasteiger charge is 2.22. The summed E-state index contributed by atoms with van der Waals surface area (Å²) < 4.78 is 1.15. The van der Waals surface area contributed by atoms with Crippen LogP contribution in [0, 0.1) is 13.8 Å².